The van der Waals surface area contributed by atoms with Crippen LogP contribution in [0.15, 0.2) is 48.5 Å². The Labute approximate surface area is 221 Å². The van der Waals surface area contributed by atoms with Gasteiger partial charge < -0.3 is 15.5 Å². The molecule has 204 valence electrons. The summed E-state index contributed by atoms with van der Waals surface area (Å²) in [4.78, 5) is 27.3. The van der Waals surface area contributed by atoms with Crippen molar-refractivity contribution in [3.63, 3.8) is 0 Å². The van der Waals surface area contributed by atoms with Gasteiger partial charge in [0.2, 0.25) is 5.91 Å². The van der Waals surface area contributed by atoms with Crippen LogP contribution >= 0.6 is 0 Å². The molecule has 0 bridgehead atoms. The van der Waals surface area contributed by atoms with Crippen molar-refractivity contribution in [1.29, 1.82) is 0 Å². The molecule has 0 atom stereocenters. The fourth-order valence-corrected chi connectivity index (χ4v) is 3.84. The van der Waals surface area contributed by atoms with Gasteiger partial charge in [0.15, 0.2) is 0 Å². The lowest BCUT2D eigenvalue weighted by Gasteiger charge is -2.22. The molecular formula is C28H34F3N5O2. The zero-order valence-electron chi connectivity index (χ0n) is 22.5. The van der Waals surface area contributed by atoms with Gasteiger partial charge in [-0.05, 0) is 55.7 Å². The standard InChI is InChI=1S/C28H34F3N5O2/c1-7-14-35(26(38)32-21-12-9-11-20(15-21)28(29,30)31)17-25(37)33-24-16-23(27(4,5)6)34-36(24)22-13-8-10-18(2)19(22)3/h8-13,15-16H,7,14,17H2,1-6H3,(H,32,38)(H,33,37). The summed E-state index contributed by atoms with van der Waals surface area (Å²) in [5.41, 5.74) is 2.54. The van der Waals surface area contributed by atoms with E-state index < -0.39 is 23.7 Å². The maximum atomic E-state index is 13.1. The largest absolute Gasteiger partial charge is 0.416 e. The number of carbonyl (C=O) groups is 2. The number of rotatable bonds is 7. The minimum Gasteiger partial charge on any atom is -0.315 e. The van der Waals surface area contributed by atoms with Crippen molar-refractivity contribution in [3.05, 3.63) is 70.9 Å². The van der Waals surface area contributed by atoms with E-state index in [9.17, 15) is 22.8 Å². The third-order valence-corrected chi connectivity index (χ3v) is 6.11. The van der Waals surface area contributed by atoms with Crippen molar-refractivity contribution in [2.75, 3.05) is 23.7 Å². The number of amides is 3. The number of alkyl halides is 3. The molecule has 0 saturated heterocycles. The van der Waals surface area contributed by atoms with Gasteiger partial charge in [0.1, 0.15) is 12.4 Å². The monoisotopic (exact) mass is 529 g/mol. The fraction of sp³-hybridized carbons (Fsp3) is 0.393. The fourth-order valence-electron chi connectivity index (χ4n) is 3.84. The highest BCUT2D eigenvalue weighted by atomic mass is 19.4. The predicted octanol–water partition coefficient (Wildman–Crippen LogP) is 6.69. The van der Waals surface area contributed by atoms with E-state index in [0.29, 0.717) is 12.2 Å². The lowest BCUT2D eigenvalue weighted by atomic mass is 9.92. The highest BCUT2D eigenvalue weighted by Gasteiger charge is 2.31. The number of carbonyl (C=O) groups excluding carboxylic acids is 2. The van der Waals surface area contributed by atoms with Crippen molar-refractivity contribution in [3.8, 4) is 5.69 Å². The number of nitrogens with zero attached hydrogens (tertiary/aromatic N) is 3. The number of benzene rings is 2. The van der Waals surface area contributed by atoms with Crippen LogP contribution in [0, 0.1) is 13.8 Å². The van der Waals surface area contributed by atoms with Gasteiger partial charge in [-0.15, -0.1) is 0 Å². The van der Waals surface area contributed by atoms with Crippen molar-refractivity contribution in [1.82, 2.24) is 14.7 Å². The molecule has 0 spiro atoms. The van der Waals surface area contributed by atoms with E-state index in [4.69, 9.17) is 5.10 Å². The van der Waals surface area contributed by atoms with E-state index in [1.807, 2.05) is 65.8 Å². The first-order valence-electron chi connectivity index (χ1n) is 12.4. The molecule has 0 radical (unpaired) electrons. The molecule has 0 saturated carbocycles. The second-order valence-electron chi connectivity index (χ2n) is 10.3. The van der Waals surface area contributed by atoms with E-state index in [-0.39, 0.29) is 24.2 Å². The predicted molar refractivity (Wildman–Crippen MR) is 143 cm³/mol. The summed E-state index contributed by atoms with van der Waals surface area (Å²) in [6, 6.07) is 11.4. The normalized spacial score (nSPS) is 11.8. The van der Waals surface area contributed by atoms with Gasteiger partial charge in [-0.25, -0.2) is 9.48 Å². The average Bonchev–Trinajstić information content (AvgIpc) is 3.24. The molecule has 1 heterocycles. The van der Waals surface area contributed by atoms with E-state index in [1.165, 1.54) is 17.0 Å². The molecule has 1 aromatic heterocycles. The quantitative estimate of drug-likeness (QED) is 0.358. The molecule has 3 rings (SSSR count). The summed E-state index contributed by atoms with van der Waals surface area (Å²) in [5.74, 6) is 0.00733. The van der Waals surface area contributed by atoms with Crippen molar-refractivity contribution in [2.24, 2.45) is 0 Å². The summed E-state index contributed by atoms with van der Waals surface area (Å²) in [5, 5.41) is 10.1. The van der Waals surface area contributed by atoms with E-state index >= 15 is 0 Å². The summed E-state index contributed by atoms with van der Waals surface area (Å²) >= 11 is 0. The Balaban J connectivity index is 1.83. The highest BCUT2D eigenvalue weighted by molar-refractivity contribution is 5.96. The maximum Gasteiger partial charge on any atom is 0.416 e. The Bertz CT molecular complexity index is 1310. The lowest BCUT2D eigenvalue weighted by molar-refractivity contribution is -0.137. The Morgan fingerprint density at radius 3 is 2.32 bits per heavy atom. The highest BCUT2D eigenvalue weighted by Crippen LogP contribution is 2.31. The molecule has 10 heteroatoms. The number of nitrogens with one attached hydrogen (secondary N) is 2. The first-order valence-corrected chi connectivity index (χ1v) is 12.4. The summed E-state index contributed by atoms with van der Waals surface area (Å²) < 4.78 is 40.9. The van der Waals surface area contributed by atoms with Gasteiger partial charge in [0.05, 0.1) is 16.9 Å². The first kappa shape index (κ1) is 28.7. The smallest absolute Gasteiger partial charge is 0.315 e. The lowest BCUT2D eigenvalue weighted by Crippen LogP contribution is -2.41. The molecular weight excluding hydrogens is 495 g/mol. The van der Waals surface area contributed by atoms with Crippen molar-refractivity contribution >= 4 is 23.4 Å². The molecule has 7 nitrogen and oxygen atoms in total. The van der Waals surface area contributed by atoms with Crippen LogP contribution in [0.1, 0.15) is 56.5 Å². The average molecular weight is 530 g/mol. The third-order valence-electron chi connectivity index (χ3n) is 6.11. The van der Waals surface area contributed by atoms with Crippen LogP contribution in [-0.2, 0) is 16.4 Å². The molecule has 0 fully saturated rings. The van der Waals surface area contributed by atoms with E-state index in [1.54, 1.807) is 4.68 Å². The Hall–Kier alpha value is -3.82. The van der Waals surface area contributed by atoms with Gasteiger partial charge in [-0.3, -0.25) is 4.79 Å². The maximum absolute atomic E-state index is 13.1. The van der Waals surface area contributed by atoms with Crippen LogP contribution in [0.2, 0.25) is 0 Å². The number of hydrogen-bond acceptors (Lipinski definition) is 3. The van der Waals surface area contributed by atoms with Gasteiger partial charge in [0, 0.05) is 23.7 Å². The number of anilines is 2. The first-order chi connectivity index (χ1) is 17.7. The molecule has 2 aromatic carbocycles. The Morgan fingerprint density at radius 1 is 1.00 bits per heavy atom. The second kappa shape index (κ2) is 11.3. The Kier molecular flexibility index (Phi) is 8.54. The third kappa shape index (κ3) is 6.93. The molecule has 0 unspecified atom stereocenters. The van der Waals surface area contributed by atoms with Crippen molar-refractivity contribution < 1.29 is 22.8 Å². The van der Waals surface area contributed by atoms with Crippen LogP contribution in [-0.4, -0.2) is 39.7 Å². The topological polar surface area (TPSA) is 79.3 Å². The van der Waals surface area contributed by atoms with Gasteiger partial charge in [0.25, 0.3) is 0 Å². The van der Waals surface area contributed by atoms with E-state index in [2.05, 4.69) is 10.6 Å². The van der Waals surface area contributed by atoms with Gasteiger partial charge in [-0.2, -0.15) is 18.3 Å². The van der Waals surface area contributed by atoms with Crippen LogP contribution in [0.4, 0.5) is 29.5 Å². The van der Waals surface area contributed by atoms with Crippen LogP contribution < -0.4 is 10.6 Å². The Morgan fingerprint density at radius 2 is 1.68 bits per heavy atom. The number of hydrogen-bond donors (Lipinski definition) is 2. The minimum atomic E-state index is -4.53. The number of aryl methyl sites for hydroxylation is 1. The molecule has 38 heavy (non-hydrogen) atoms. The zero-order chi connectivity index (χ0) is 28.3. The molecule has 3 aromatic rings. The van der Waals surface area contributed by atoms with Crippen LogP contribution in [0.25, 0.3) is 5.69 Å². The zero-order valence-corrected chi connectivity index (χ0v) is 22.5. The van der Waals surface area contributed by atoms with E-state index in [0.717, 1.165) is 34.6 Å². The SMILES string of the molecule is CCCN(CC(=O)Nc1cc(C(C)(C)C)nn1-c1cccc(C)c1C)C(=O)Nc1cccc(C(F)(F)F)c1. The van der Waals surface area contributed by atoms with Gasteiger partial charge >= 0.3 is 12.2 Å². The number of aromatic nitrogens is 2. The van der Waals surface area contributed by atoms with Crippen molar-refractivity contribution in [2.45, 2.75) is 59.6 Å². The molecule has 0 aliphatic heterocycles. The summed E-state index contributed by atoms with van der Waals surface area (Å²) in [6.07, 6.45) is -3.98. The molecule has 3 amide bonds. The molecule has 0 aliphatic rings. The molecule has 0 aliphatic carbocycles. The van der Waals surface area contributed by atoms with Gasteiger partial charge in [-0.1, -0.05) is 45.9 Å². The molecule has 2 N–H and O–H groups in total. The second-order valence-corrected chi connectivity index (χ2v) is 10.3. The number of halogens is 3. The summed E-state index contributed by atoms with van der Waals surface area (Å²) in [6.45, 7) is 11.8. The van der Waals surface area contributed by atoms with Crippen LogP contribution in [0.5, 0.6) is 0 Å². The minimum absolute atomic E-state index is 0.00541. The van der Waals surface area contributed by atoms with Crippen LogP contribution in [0.3, 0.4) is 0 Å². The summed E-state index contributed by atoms with van der Waals surface area (Å²) in [7, 11) is 0. The number of urea groups is 1.